The largest absolute Gasteiger partial charge is 0.325 e. The fourth-order valence-corrected chi connectivity index (χ4v) is 10.9. The maximum Gasteiger partial charge on any atom is 0.325 e. The zero-order valence-corrected chi connectivity index (χ0v) is 23.4. The molecule has 4 nitrogen and oxygen atoms in total. The first-order valence-electron chi connectivity index (χ1n) is 13.6. The summed E-state index contributed by atoms with van der Waals surface area (Å²) in [5.41, 5.74) is 0.307. The van der Waals surface area contributed by atoms with Gasteiger partial charge < -0.3 is 0 Å². The third-order valence-corrected chi connectivity index (χ3v) is 12.6. The molecule has 196 valence electrons. The minimum Gasteiger partial charge on any atom is -0.277 e. The molecule has 0 spiro atoms. The number of benzene rings is 5. The van der Waals surface area contributed by atoms with Crippen LogP contribution in [0.1, 0.15) is 18.9 Å². The topological polar surface area (TPSA) is 40.6 Å². The Labute approximate surface area is 236 Å². The van der Waals surface area contributed by atoms with Crippen LogP contribution < -0.4 is 20.5 Å². The first-order chi connectivity index (χ1) is 19.7. The minimum absolute atomic E-state index is 0.196. The molecule has 1 aliphatic rings. The van der Waals surface area contributed by atoms with Crippen molar-refractivity contribution in [2.45, 2.75) is 18.9 Å². The Bertz CT molecular complexity index is 1520. The fourth-order valence-electron chi connectivity index (χ4n) is 6.24. The van der Waals surface area contributed by atoms with Gasteiger partial charge in [0.15, 0.2) is 5.54 Å². The van der Waals surface area contributed by atoms with E-state index < -0.39 is 13.8 Å². The molecule has 0 saturated carbocycles. The Morgan fingerprint density at radius 2 is 0.925 bits per heavy atom. The quantitative estimate of drug-likeness (QED) is 0.158. The van der Waals surface area contributed by atoms with Crippen LogP contribution in [0.5, 0.6) is 0 Å². The van der Waals surface area contributed by atoms with Crippen LogP contribution in [-0.4, -0.2) is 24.7 Å². The van der Waals surface area contributed by atoms with Crippen LogP contribution in [0.2, 0.25) is 0 Å². The van der Waals surface area contributed by atoms with Crippen molar-refractivity contribution in [1.82, 2.24) is 4.57 Å². The lowest BCUT2D eigenvalue weighted by molar-refractivity contribution is -0.128. The lowest BCUT2D eigenvalue weighted by Gasteiger charge is -2.39. The average molecular weight is 539 g/mol. The molecule has 40 heavy (non-hydrogen) atoms. The SMILES string of the molecule is CCC1(c2ccccc2)C(=O)N([Si](c2ccccc2)(c2ccccc2)c2ccccc2)C(=O)N1c1ccccc1. The summed E-state index contributed by atoms with van der Waals surface area (Å²) >= 11 is 0. The van der Waals surface area contributed by atoms with E-state index in [2.05, 4.69) is 36.4 Å². The summed E-state index contributed by atoms with van der Waals surface area (Å²) in [4.78, 5) is 32.2. The van der Waals surface area contributed by atoms with Gasteiger partial charge in [-0.2, -0.15) is 0 Å². The van der Waals surface area contributed by atoms with E-state index in [-0.39, 0.29) is 11.9 Å². The molecule has 0 aromatic heterocycles. The molecule has 0 aliphatic carbocycles. The van der Waals surface area contributed by atoms with Gasteiger partial charge in [0.25, 0.3) is 14.1 Å². The number of hydrogen-bond donors (Lipinski definition) is 0. The maximum absolute atomic E-state index is 15.3. The van der Waals surface area contributed by atoms with Crippen LogP contribution in [0.3, 0.4) is 0 Å². The highest BCUT2D eigenvalue weighted by Crippen LogP contribution is 2.44. The third-order valence-electron chi connectivity index (χ3n) is 8.01. The summed E-state index contributed by atoms with van der Waals surface area (Å²) in [5, 5.41) is 2.92. The van der Waals surface area contributed by atoms with Crippen molar-refractivity contribution in [3.8, 4) is 0 Å². The van der Waals surface area contributed by atoms with Crippen molar-refractivity contribution in [2.75, 3.05) is 4.90 Å². The van der Waals surface area contributed by atoms with E-state index in [1.165, 1.54) is 0 Å². The monoisotopic (exact) mass is 538 g/mol. The molecule has 5 aromatic rings. The molecule has 0 bridgehead atoms. The van der Waals surface area contributed by atoms with Gasteiger partial charge in [-0.05, 0) is 39.7 Å². The van der Waals surface area contributed by atoms with Crippen molar-refractivity contribution in [1.29, 1.82) is 0 Å². The van der Waals surface area contributed by atoms with Gasteiger partial charge in [-0.1, -0.05) is 146 Å². The van der Waals surface area contributed by atoms with E-state index in [1.54, 1.807) is 9.47 Å². The van der Waals surface area contributed by atoms with Crippen molar-refractivity contribution < 1.29 is 9.59 Å². The normalized spacial score (nSPS) is 17.3. The number of anilines is 1. The Hall–Kier alpha value is -4.74. The molecule has 0 N–H and O–H groups in total. The van der Waals surface area contributed by atoms with E-state index in [1.807, 2.05) is 122 Å². The molecule has 1 saturated heterocycles. The molecule has 1 aliphatic heterocycles. The van der Waals surface area contributed by atoms with Crippen LogP contribution in [-0.2, 0) is 10.3 Å². The predicted octanol–water partition coefficient (Wildman–Crippen LogP) is 5.43. The van der Waals surface area contributed by atoms with Crippen LogP contribution in [0.25, 0.3) is 0 Å². The zero-order valence-electron chi connectivity index (χ0n) is 22.4. The second-order valence-electron chi connectivity index (χ2n) is 9.98. The molecule has 0 radical (unpaired) electrons. The van der Waals surface area contributed by atoms with Crippen LogP contribution in [0, 0.1) is 0 Å². The lowest BCUT2D eigenvalue weighted by Crippen LogP contribution is -2.78. The summed E-state index contributed by atoms with van der Waals surface area (Å²) in [6.45, 7) is 1.99. The van der Waals surface area contributed by atoms with Gasteiger partial charge in [-0.3, -0.25) is 14.3 Å². The fraction of sp³-hybridized carbons (Fsp3) is 0.0857. The summed E-state index contributed by atoms with van der Waals surface area (Å²) in [6, 6.07) is 49.3. The van der Waals surface area contributed by atoms with E-state index in [0.717, 1.165) is 21.1 Å². The molecule has 1 atom stereocenters. The van der Waals surface area contributed by atoms with Crippen molar-refractivity contribution in [2.24, 2.45) is 0 Å². The second-order valence-corrected chi connectivity index (χ2v) is 13.6. The van der Waals surface area contributed by atoms with Gasteiger partial charge in [0, 0.05) is 5.69 Å². The van der Waals surface area contributed by atoms with Crippen LogP contribution >= 0.6 is 0 Å². The van der Waals surface area contributed by atoms with E-state index in [0.29, 0.717) is 12.1 Å². The highest BCUT2D eigenvalue weighted by atomic mass is 28.3. The molecule has 1 heterocycles. The van der Waals surface area contributed by atoms with Crippen molar-refractivity contribution >= 4 is 41.4 Å². The van der Waals surface area contributed by atoms with Gasteiger partial charge in [0.2, 0.25) is 0 Å². The number of rotatable bonds is 7. The molecule has 3 amide bonds. The Morgan fingerprint density at radius 1 is 0.550 bits per heavy atom. The number of amides is 3. The number of carbonyl (C=O) groups excluding carboxylic acids is 2. The van der Waals surface area contributed by atoms with Crippen molar-refractivity contribution in [3.05, 3.63) is 157 Å². The molecule has 5 aromatic carbocycles. The standard InChI is InChI=1S/C35H30N2O2Si/c1-2-35(28-18-8-3-9-19-28)33(38)37(34(39)36(35)29-20-10-4-11-21-29)40(30-22-12-5-13-23-30,31-24-14-6-15-25-31)32-26-16-7-17-27-32/h3-27H,2H2,1H3. The van der Waals surface area contributed by atoms with Crippen LogP contribution in [0.4, 0.5) is 10.5 Å². The molecule has 6 rings (SSSR count). The third kappa shape index (κ3) is 3.73. The Morgan fingerprint density at radius 3 is 1.32 bits per heavy atom. The van der Waals surface area contributed by atoms with E-state index in [9.17, 15) is 0 Å². The molecular formula is C35H30N2O2Si. The predicted molar refractivity (Wildman–Crippen MR) is 164 cm³/mol. The van der Waals surface area contributed by atoms with E-state index >= 15 is 9.59 Å². The first-order valence-corrected chi connectivity index (χ1v) is 15.6. The summed E-state index contributed by atoms with van der Waals surface area (Å²) in [6.07, 6.45) is 0.426. The highest BCUT2D eigenvalue weighted by molar-refractivity contribution is 7.12. The minimum atomic E-state index is -3.44. The Balaban J connectivity index is 1.73. The van der Waals surface area contributed by atoms with Crippen LogP contribution in [0.15, 0.2) is 152 Å². The Kier molecular flexibility index (Phi) is 6.66. The van der Waals surface area contributed by atoms with Gasteiger partial charge >= 0.3 is 6.03 Å². The average Bonchev–Trinajstić information content (AvgIpc) is 3.26. The highest BCUT2D eigenvalue weighted by Gasteiger charge is 2.65. The molecule has 1 fully saturated rings. The number of hydrogen-bond acceptors (Lipinski definition) is 2. The van der Waals surface area contributed by atoms with Crippen molar-refractivity contribution in [3.63, 3.8) is 0 Å². The smallest absolute Gasteiger partial charge is 0.277 e. The van der Waals surface area contributed by atoms with E-state index in [4.69, 9.17) is 0 Å². The van der Waals surface area contributed by atoms with Gasteiger partial charge in [-0.25, -0.2) is 4.79 Å². The lowest BCUT2D eigenvalue weighted by atomic mass is 9.85. The molecule has 1 unspecified atom stereocenters. The summed E-state index contributed by atoms with van der Waals surface area (Å²) in [5.74, 6) is -0.196. The van der Waals surface area contributed by atoms with Gasteiger partial charge in [0.1, 0.15) is 0 Å². The first kappa shape index (κ1) is 25.5. The maximum atomic E-state index is 15.3. The van der Waals surface area contributed by atoms with Gasteiger partial charge in [-0.15, -0.1) is 0 Å². The van der Waals surface area contributed by atoms with Gasteiger partial charge in [0.05, 0.1) is 0 Å². The number of carbonyl (C=O) groups is 2. The molecular weight excluding hydrogens is 508 g/mol. The number of urea groups is 1. The number of para-hydroxylation sites is 1. The summed E-state index contributed by atoms with van der Waals surface area (Å²) < 4.78 is 1.65. The second kappa shape index (κ2) is 10.4. The molecule has 5 heteroatoms. The number of nitrogens with zero attached hydrogens (tertiary/aromatic N) is 2. The summed E-state index contributed by atoms with van der Waals surface area (Å²) in [7, 11) is -3.44. The zero-order chi connectivity index (χ0) is 27.6. The number of imide groups is 1.